The number of benzene rings is 1. The van der Waals surface area contributed by atoms with Crippen LogP contribution in [0.2, 0.25) is 0 Å². The molecule has 1 N–H and O–H groups in total. The summed E-state index contributed by atoms with van der Waals surface area (Å²) in [4.78, 5) is 5.76. The predicted molar refractivity (Wildman–Crippen MR) is 86.5 cm³/mol. The van der Waals surface area contributed by atoms with Crippen LogP contribution in [-0.2, 0) is 6.54 Å². The highest BCUT2D eigenvalue weighted by molar-refractivity contribution is 9.10. The lowest BCUT2D eigenvalue weighted by Crippen LogP contribution is -2.18. The highest BCUT2D eigenvalue weighted by Crippen LogP contribution is 2.30. The third-order valence-corrected chi connectivity index (χ3v) is 4.50. The molecule has 0 aliphatic carbocycles. The molecule has 0 radical (unpaired) electrons. The van der Waals surface area contributed by atoms with Crippen molar-refractivity contribution in [2.45, 2.75) is 27.3 Å². The molecule has 20 heavy (non-hydrogen) atoms. The lowest BCUT2D eigenvalue weighted by Gasteiger charge is -2.05. The van der Waals surface area contributed by atoms with Crippen molar-refractivity contribution < 1.29 is 4.39 Å². The van der Waals surface area contributed by atoms with Crippen molar-refractivity contribution in [2.24, 2.45) is 5.92 Å². The summed E-state index contributed by atoms with van der Waals surface area (Å²) < 4.78 is 14.2. The van der Waals surface area contributed by atoms with Gasteiger partial charge >= 0.3 is 0 Å². The van der Waals surface area contributed by atoms with Crippen LogP contribution in [0.15, 0.2) is 22.7 Å². The molecule has 0 fully saturated rings. The normalized spacial score (nSPS) is 11.3. The third kappa shape index (κ3) is 4.11. The molecule has 0 unspecified atom stereocenters. The number of nitrogens with one attached hydrogen (secondary N) is 1. The summed E-state index contributed by atoms with van der Waals surface area (Å²) in [5.41, 5.74) is 1.83. The average Bonchev–Trinajstić information content (AvgIpc) is 2.69. The van der Waals surface area contributed by atoms with Gasteiger partial charge in [0.25, 0.3) is 0 Å². The molecular formula is C15H18BrFN2S. The summed E-state index contributed by atoms with van der Waals surface area (Å²) in [6.07, 6.45) is 0. The Hall–Kier alpha value is -0.780. The highest BCUT2D eigenvalue weighted by atomic mass is 79.9. The molecule has 1 aromatic carbocycles. The van der Waals surface area contributed by atoms with E-state index in [4.69, 9.17) is 0 Å². The van der Waals surface area contributed by atoms with Crippen molar-refractivity contribution in [2.75, 3.05) is 6.54 Å². The van der Waals surface area contributed by atoms with E-state index in [9.17, 15) is 4.39 Å². The molecule has 1 aromatic heterocycles. The van der Waals surface area contributed by atoms with Gasteiger partial charge in [-0.15, -0.1) is 11.3 Å². The SMILES string of the molecule is Cc1nc(-c2cc(F)cc(Br)c2)sc1CNCC(C)C. The van der Waals surface area contributed by atoms with Gasteiger partial charge < -0.3 is 5.32 Å². The van der Waals surface area contributed by atoms with E-state index in [-0.39, 0.29) is 5.82 Å². The molecule has 5 heteroatoms. The van der Waals surface area contributed by atoms with Crippen molar-refractivity contribution in [3.63, 3.8) is 0 Å². The Morgan fingerprint density at radius 3 is 2.75 bits per heavy atom. The standard InChI is InChI=1S/C15H18BrFN2S/c1-9(2)7-18-8-14-10(3)19-15(20-14)11-4-12(16)6-13(17)5-11/h4-6,9,18H,7-8H2,1-3H3. The Bertz CT molecular complexity index is 575. The van der Waals surface area contributed by atoms with E-state index in [1.165, 1.54) is 17.0 Å². The van der Waals surface area contributed by atoms with E-state index >= 15 is 0 Å². The number of hydrogen-bond acceptors (Lipinski definition) is 3. The molecule has 0 bridgehead atoms. The summed E-state index contributed by atoms with van der Waals surface area (Å²) in [5, 5.41) is 4.28. The zero-order valence-electron chi connectivity index (χ0n) is 11.8. The van der Waals surface area contributed by atoms with E-state index in [0.717, 1.165) is 33.8 Å². The lowest BCUT2D eigenvalue weighted by atomic mass is 10.2. The van der Waals surface area contributed by atoms with Crippen LogP contribution in [0, 0.1) is 18.7 Å². The van der Waals surface area contributed by atoms with Gasteiger partial charge in [0.2, 0.25) is 0 Å². The first-order valence-corrected chi connectivity index (χ1v) is 8.20. The van der Waals surface area contributed by atoms with Gasteiger partial charge in [-0.05, 0) is 37.6 Å². The molecule has 1 heterocycles. The minimum atomic E-state index is -0.248. The van der Waals surface area contributed by atoms with Crippen molar-refractivity contribution in [3.8, 4) is 10.6 Å². The summed E-state index contributed by atoms with van der Waals surface area (Å²) >= 11 is 4.94. The fourth-order valence-electron chi connectivity index (χ4n) is 1.87. The molecule has 0 aliphatic heterocycles. The molecule has 2 aromatic rings. The maximum Gasteiger partial charge on any atom is 0.125 e. The molecule has 0 saturated carbocycles. The predicted octanol–water partition coefficient (Wildman–Crippen LogP) is 4.77. The van der Waals surface area contributed by atoms with Crippen molar-refractivity contribution in [3.05, 3.63) is 39.1 Å². The minimum absolute atomic E-state index is 0.248. The number of rotatable bonds is 5. The smallest absolute Gasteiger partial charge is 0.125 e. The second-order valence-corrected chi connectivity index (χ2v) is 7.21. The molecule has 0 aliphatic rings. The number of aryl methyl sites for hydroxylation is 1. The molecule has 2 rings (SSSR count). The average molecular weight is 357 g/mol. The van der Waals surface area contributed by atoms with Crippen molar-refractivity contribution in [1.29, 1.82) is 0 Å². The first-order valence-electron chi connectivity index (χ1n) is 6.59. The Balaban J connectivity index is 2.17. The van der Waals surface area contributed by atoms with Gasteiger partial charge in [-0.1, -0.05) is 29.8 Å². The maximum absolute atomic E-state index is 13.4. The van der Waals surface area contributed by atoms with Gasteiger partial charge in [-0.3, -0.25) is 0 Å². The number of aromatic nitrogens is 1. The fraction of sp³-hybridized carbons (Fsp3) is 0.400. The molecule has 0 saturated heterocycles. The van der Waals surface area contributed by atoms with Gasteiger partial charge in [0, 0.05) is 21.5 Å². The largest absolute Gasteiger partial charge is 0.312 e. The Morgan fingerprint density at radius 1 is 1.35 bits per heavy atom. The van der Waals surface area contributed by atoms with Crippen LogP contribution in [0.1, 0.15) is 24.4 Å². The van der Waals surface area contributed by atoms with E-state index in [1.54, 1.807) is 11.3 Å². The van der Waals surface area contributed by atoms with Crippen LogP contribution in [0.4, 0.5) is 4.39 Å². The topological polar surface area (TPSA) is 24.9 Å². The second kappa shape index (κ2) is 6.78. The zero-order chi connectivity index (χ0) is 14.7. The van der Waals surface area contributed by atoms with Crippen LogP contribution in [0.5, 0.6) is 0 Å². The molecule has 108 valence electrons. The Labute approximate surface area is 131 Å². The van der Waals surface area contributed by atoms with Crippen LogP contribution in [-0.4, -0.2) is 11.5 Å². The van der Waals surface area contributed by atoms with Crippen LogP contribution in [0.3, 0.4) is 0 Å². The molecule has 0 amide bonds. The summed E-state index contributed by atoms with van der Waals surface area (Å²) in [6.45, 7) is 8.17. The number of hydrogen-bond donors (Lipinski definition) is 1. The number of nitrogens with zero attached hydrogens (tertiary/aromatic N) is 1. The van der Waals surface area contributed by atoms with Crippen molar-refractivity contribution in [1.82, 2.24) is 10.3 Å². The molecule has 2 nitrogen and oxygen atoms in total. The number of thiazole rings is 1. The molecular weight excluding hydrogens is 339 g/mol. The van der Waals surface area contributed by atoms with Gasteiger partial charge in [0.15, 0.2) is 0 Å². The van der Waals surface area contributed by atoms with Gasteiger partial charge in [-0.25, -0.2) is 9.37 Å². The Morgan fingerprint density at radius 2 is 2.10 bits per heavy atom. The van der Waals surface area contributed by atoms with Gasteiger partial charge in [0.1, 0.15) is 10.8 Å². The summed E-state index contributed by atoms with van der Waals surface area (Å²) in [6, 6.07) is 4.87. The summed E-state index contributed by atoms with van der Waals surface area (Å²) in [5.74, 6) is 0.378. The minimum Gasteiger partial charge on any atom is -0.312 e. The third-order valence-electron chi connectivity index (χ3n) is 2.84. The van der Waals surface area contributed by atoms with Crippen LogP contribution < -0.4 is 5.32 Å². The van der Waals surface area contributed by atoms with E-state index < -0.39 is 0 Å². The van der Waals surface area contributed by atoms with E-state index in [1.807, 2.05) is 13.0 Å². The van der Waals surface area contributed by atoms with Crippen LogP contribution in [0.25, 0.3) is 10.6 Å². The number of halogens is 2. The Kier molecular flexibility index (Phi) is 5.29. The molecule has 0 spiro atoms. The van der Waals surface area contributed by atoms with E-state index in [0.29, 0.717) is 5.92 Å². The quantitative estimate of drug-likeness (QED) is 0.834. The first-order chi connectivity index (χ1) is 9.45. The summed E-state index contributed by atoms with van der Waals surface area (Å²) in [7, 11) is 0. The van der Waals surface area contributed by atoms with Gasteiger partial charge in [0.05, 0.1) is 5.69 Å². The maximum atomic E-state index is 13.4. The zero-order valence-corrected chi connectivity index (χ0v) is 14.2. The van der Waals surface area contributed by atoms with Crippen LogP contribution >= 0.6 is 27.3 Å². The second-order valence-electron chi connectivity index (χ2n) is 5.21. The molecule has 0 atom stereocenters. The first kappa shape index (κ1) is 15.6. The fourth-order valence-corrected chi connectivity index (χ4v) is 3.35. The van der Waals surface area contributed by atoms with Gasteiger partial charge in [-0.2, -0.15) is 0 Å². The van der Waals surface area contributed by atoms with E-state index in [2.05, 4.69) is 40.1 Å². The lowest BCUT2D eigenvalue weighted by molar-refractivity contribution is 0.554. The van der Waals surface area contributed by atoms with Crippen molar-refractivity contribution >= 4 is 27.3 Å². The highest BCUT2D eigenvalue weighted by Gasteiger charge is 2.11. The monoisotopic (exact) mass is 356 g/mol.